The highest BCUT2D eigenvalue weighted by Gasteiger charge is 2.21. The number of hydrogen-bond donors (Lipinski definition) is 4. The number of nitrogens with zero attached hydrogens (tertiary/aromatic N) is 4. The molecule has 0 saturated carbocycles. The van der Waals surface area contributed by atoms with Gasteiger partial charge in [0.15, 0.2) is 5.82 Å². The van der Waals surface area contributed by atoms with E-state index in [1.54, 1.807) is 0 Å². The highest BCUT2D eigenvalue weighted by molar-refractivity contribution is 5.89. The topological polar surface area (TPSA) is 116 Å². The molecule has 9 heteroatoms. The number of H-pyrrole nitrogens is 2. The van der Waals surface area contributed by atoms with E-state index in [1.165, 1.54) is 12.8 Å². The third-order valence-electron chi connectivity index (χ3n) is 7.68. The maximum absolute atomic E-state index is 6.00. The molecule has 0 unspecified atom stereocenters. The summed E-state index contributed by atoms with van der Waals surface area (Å²) in [6.07, 6.45) is 8.41. The molecule has 2 aliphatic heterocycles. The largest absolute Gasteiger partial charge is 0.477 e. The van der Waals surface area contributed by atoms with Gasteiger partial charge in [0.25, 0.3) is 0 Å². The Balaban J connectivity index is 1.18. The summed E-state index contributed by atoms with van der Waals surface area (Å²) in [4.78, 5) is 25.9. The molecule has 2 aromatic carbocycles. The molecule has 0 amide bonds. The summed E-state index contributed by atoms with van der Waals surface area (Å²) in [7, 11) is 0. The summed E-state index contributed by atoms with van der Waals surface area (Å²) < 4.78 is 6.00. The molecule has 2 fully saturated rings. The zero-order chi connectivity index (χ0) is 26.2. The first-order valence-electron chi connectivity index (χ1n) is 13.9. The van der Waals surface area contributed by atoms with Crippen LogP contribution < -0.4 is 15.4 Å². The van der Waals surface area contributed by atoms with Gasteiger partial charge in [0.2, 0.25) is 5.88 Å². The zero-order valence-corrected chi connectivity index (χ0v) is 22.0. The van der Waals surface area contributed by atoms with E-state index in [9.17, 15) is 0 Å². The Morgan fingerprint density at radius 2 is 1.38 bits per heavy atom. The molecule has 9 nitrogen and oxygen atoms in total. The number of imidazole rings is 2. The van der Waals surface area contributed by atoms with E-state index in [4.69, 9.17) is 14.7 Å². The van der Waals surface area contributed by atoms with E-state index < -0.39 is 0 Å². The van der Waals surface area contributed by atoms with E-state index in [2.05, 4.69) is 67.0 Å². The average Bonchev–Trinajstić information content (AvgIpc) is 3.80. The monoisotopic (exact) mass is 520 g/mol. The standard InChI is InChI=1S/C30H32N8O/c1-2-39-30-21-15-20(26-17-34-29(37-26)24-6-4-14-32-24)11-12-22(21)35-27(38-30)19-9-7-18(8-10-19)25-16-33-28(36-25)23-5-3-13-31-23/h7-12,15-17,23-24,31-32H,2-6,13-14H2,1H3,(H,33,36)(H,34,37)/t23-,24-/m0/s1. The van der Waals surface area contributed by atoms with Gasteiger partial charge in [-0.1, -0.05) is 30.3 Å². The predicted octanol–water partition coefficient (Wildman–Crippen LogP) is 5.32. The van der Waals surface area contributed by atoms with Crippen molar-refractivity contribution in [1.82, 2.24) is 40.5 Å². The van der Waals surface area contributed by atoms with Crippen molar-refractivity contribution < 1.29 is 4.74 Å². The van der Waals surface area contributed by atoms with Crippen LogP contribution in [0.15, 0.2) is 54.9 Å². The minimum Gasteiger partial charge on any atom is -0.477 e. The lowest BCUT2D eigenvalue weighted by molar-refractivity contribution is 0.331. The van der Waals surface area contributed by atoms with Gasteiger partial charge in [0, 0.05) is 11.1 Å². The van der Waals surface area contributed by atoms with Gasteiger partial charge < -0.3 is 25.3 Å². The SMILES string of the molecule is CCOc1nc(-c2ccc(-c3cnc([C@@H]4CCCN4)[nH]3)cc2)nc2ccc(-c3cnc([C@@H]4CCCN4)[nH]3)cc12. The molecule has 2 saturated heterocycles. The summed E-state index contributed by atoms with van der Waals surface area (Å²) in [6, 6.07) is 15.1. The number of nitrogens with one attached hydrogen (secondary N) is 4. The molecule has 39 heavy (non-hydrogen) atoms. The van der Waals surface area contributed by atoms with Crippen molar-refractivity contribution in [1.29, 1.82) is 0 Å². The molecular weight excluding hydrogens is 488 g/mol. The molecule has 3 aromatic heterocycles. The Hall–Kier alpha value is -4.08. The van der Waals surface area contributed by atoms with Gasteiger partial charge in [-0.3, -0.25) is 0 Å². The smallest absolute Gasteiger partial charge is 0.225 e. The van der Waals surface area contributed by atoms with E-state index in [-0.39, 0.29) is 0 Å². The second kappa shape index (κ2) is 10.2. The second-order valence-corrected chi connectivity index (χ2v) is 10.3. The van der Waals surface area contributed by atoms with Crippen molar-refractivity contribution in [3.63, 3.8) is 0 Å². The molecule has 198 valence electrons. The van der Waals surface area contributed by atoms with Gasteiger partial charge in [-0.05, 0) is 63.4 Å². The number of aromatic nitrogens is 6. The van der Waals surface area contributed by atoms with E-state index in [1.807, 2.05) is 25.4 Å². The maximum Gasteiger partial charge on any atom is 0.225 e. The first-order chi connectivity index (χ1) is 19.2. The molecule has 5 aromatic rings. The van der Waals surface area contributed by atoms with E-state index in [0.717, 1.165) is 76.6 Å². The van der Waals surface area contributed by atoms with Crippen molar-refractivity contribution in [2.24, 2.45) is 0 Å². The Morgan fingerprint density at radius 1 is 0.769 bits per heavy atom. The lowest BCUT2D eigenvalue weighted by Gasteiger charge is -2.11. The van der Waals surface area contributed by atoms with Gasteiger partial charge >= 0.3 is 0 Å². The van der Waals surface area contributed by atoms with Gasteiger partial charge in [-0.2, -0.15) is 4.98 Å². The van der Waals surface area contributed by atoms with Crippen LogP contribution in [0, 0.1) is 0 Å². The maximum atomic E-state index is 6.00. The lowest BCUT2D eigenvalue weighted by atomic mass is 10.1. The third-order valence-corrected chi connectivity index (χ3v) is 7.68. The summed E-state index contributed by atoms with van der Waals surface area (Å²) in [5.74, 6) is 3.22. The summed E-state index contributed by atoms with van der Waals surface area (Å²) >= 11 is 0. The minimum atomic E-state index is 0.301. The fourth-order valence-corrected chi connectivity index (χ4v) is 5.60. The van der Waals surface area contributed by atoms with Crippen molar-refractivity contribution in [2.45, 2.75) is 44.7 Å². The molecule has 0 spiro atoms. The lowest BCUT2D eigenvalue weighted by Crippen LogP contribution is -2.14. The Kier molecular flexibility index (Phi) is 6.30. The zero-order valence-electron chi connectivity index (χ0n) is 22.0. The van der Waals surface area contributed by atoms with Crippen LogP contribution in [0.2, 0.25) is 0 Å². The quantitative estimate of drug-likeness (QED) is 0.229. The summed E-state index contributed by atoms with van der Waals surface area (Å²) in [6.45, 7) is 4.59. The Morgan fingerprint density at radius 3 is 2.00 bits per heavy atom. The molecule has 2 aliphatic rings. The van der Waals surface area contributed by atoms with Crippen LogP contribution in [0.1, 0.15) is 56.3 Å². The predicted molar refractivity (Wildman–Crippen MR) is 151 cm³/mol. The fourth-order valence-electron chi connectivity index (χ4n) is 5.60. The van der Waals surface area contributed by atoms with Crippen LogP contribution in [0.5, 0.6) is 5.88 Å². The third kappa shape index (κ3) is 4.68. The number of aromatic amines is 2. The van der Waals surface area contributed by atoms with Crippen LogP contribution in [-0.2, 0) is 0 Å². The number of hydrogen-bond acceptors (Lipinski definition) is 7. The first-order valence-corrected chi connectivity index (χ1v) is 13.9. The van der Waals surface area contributed by atoms with Crippen LogP contribution in [-0.4, -0.2) is 49.6 Å². The van der Waals surface area contributed by atoms with Crippen molar-refractivity contribution in [3.05, 3.63) is 66.5 Å². The highest BCUT2D eigenvalue weighted by Crippen LogP contribution is 2.32. The summed E-state index contributed by atoms with van der Waals surface area (Å²) in [5, 5.41) is 7.88. The number of rotatable bonds is 7. The van der Waals surface area contributed by atoms with Gasteiger partial charge in [-0.15, -0.1) is 0 Å². The Labute approximate surface area is 226 Å². The second-order valence-electron chi connectivity index (χ2n) is 10.3. The molecule has 5 heterocycles. The van der Waals surface area contributed by atoms with Crippen LogP contribution in [0.3, 0.4) is 0 Å². The van der Waals surface area contributed by atoms with E-state index >= 15 is 0 Å². The Bertz CT molecular complexity index is 1590. The fraction of sp³-hybridized carbons (Fsp3) is 0.333. The number of benzene rings is 2. The van der Waals surface area contributed by atoms with Crippen LogP contribution in [0.25, 0.3) is 44.8 Å². The average molecular weight is 521 g/mol. The van der Waals surface area contributed by atoms with Gasteiger partial charge in [-0.25, -0.2) is 15.0 Å². The van der Waals surface area contributed by atoms with Crippen LogP contribution >= 0.6 is 0 Å². The summed E-state index contributed by atoms with van der Waals surface area (Å²) in [5.41, 5.74) is 5.89. The number of ether oxygens (including phenoxy) is 1. The van der Waals surface area contributed by atoms with Gasteiger partial charge in [0.1, 0.15) is 11.6 Å². The molecule has 0 aliphatic carbocycles. The van der Waals surface area contributed by atoms with Crippen LogP contribution in [0.4, 0.5) is 0 Å². The molecule has 0 bridgehead atoms. The molecule has 2 atom stereocenters. The van der Waals surface area contributed by atoms with Crippen molar-refractivity contribution in [3.8, 4) is 39.8 Å². The molecule has 0 radical (unpaired) electrons. The minimum absolute atomic E-state index is 0.301. The normalized spacial score (nSPS) is 19.2. The van der Waals surface area contributed by atoms with E-state index in [0.29, 0.717) is 30.4 Å². The molecule has 7 rings (SSSR count). The van der Waals surface area contributed by atoms with Gasteiger partial charge in [0.05, 0.1) is 53.4 Å². The van der Waals surface area contributed by atoms with Crippen molar-refractivity contribution in [2.75, 3.05) is 19.7 Å². The molecule has 4 N–H and O–H groups in total. The highest BCUT2D eigenvalue weighted by atomic mass is 16.5. The molecular formula is C30H32N8O. The first kappa shape index (κ1) is 24.0. The van der Waals surface area contributed by atoms with Crippen molar-refractivity contribution >= 4 is 10.9 Å². The number of fused-ring (bicyclic) bond motifs is 1.